The van der Waals surface area contributed by atoms with Crippen LogP contribution in [-0.4, -0.2) is 13.1 Å². The summed E-state index contributed by atoms with van der Waals surface area (Å²) in [7, 11) is 1.59. The van der Waals surface area contributed by atoms with Gasteiger partial charge in [0.15, 0.2) is 5.75 Å². The van der Waals surface area contributed by atoms with Gasteiger partial charge in [-0.3, -0.25) is 4.79 Å². The van der Waals surface area contributed by atoms with Crippen molar-refractivity contribution in [3.05, 3.63) is 70.1 Å². The molecule has 0 bridgehead atoms. The number of fused-ring (bicyclic) bond motifs is 3. The van der Waals surface area contributed by atoms with Crippen molar-refractivity contribution in [2.45, 2.75) is 12.3 Å². The molecule has 2 heterocycles. The molecule has 120 valence electrons. The van der Waals surface area contributed by atoms with E-state index in [-0.39, 0.29) is 12.4 Å². The van der Waals surface area contributed by atoms with Crippen LogP contribution < -0.4 is 15.1 Å². The van der Waals surface area contributed by atoms with Crippen molar-refractivity contribution in [2.75, 3.05) is 7.11 Å². The fourth-order valence-corrected chi connectivity index (χ4v) is 3.09. The molecule has 1 aliphatic rings. The molecular weight excluding hydrogens is 308 g/mol. The maximum atomic E-state index is 12.5. The van der Waals surface area contributed by atoms with Crippen molar-refractivity contribution >= 4 is 16.9 Å². The van der Waals surface area contributed by atoms with Gasteiger partial charge in [-0.1, -0.05) is 24.3 Å². The van der Waals surface area contributed by atoms with Gasteiger partial charge >= 0.3 is 11.6 Å². The minimum atomic E-state index is -0.475. The van der Waals surface area contributed by atoms with Gasteiger partial charge in [-0.05, 0) is 29.8 Å². The van der Waals surface area contributed by atoms with E-state index in [1.165, 1.54) is 0 Å². The topological polar surface area (TPSA) is 65.7 Å². The van der Waals surface area contributed by atoms with E-state index >= 15 is 0 Å². The van der Waals surface area contributed by atoms with Crippen molar-refractivity contribution in [3.63, 3.8) is 0 Å². The molecule has 0 N–H and O–H groups in total. The second-order valence-corrected chi connectivity index (χ2v) is 5.63. The van der Waals surface area contributed by atoms with Crippen molar-refractivity contribution < 1.29 is 18.7 Å². The van der Waals surface area contributed by atoms with Crippen LogP contribution in [0.25, 0.3) is 11.0 Å². The average molecular weight is 322 g/mol. The zero-order valence-electron chi connectivity index (χ0n) is 12.9. The zero-order valence-corrected chi connectivity index (χ0v) is 12.9. The molecule has 0 radical (unpaired) electrons. The largest absolute Gasteiger partial charge is 0.497 e. The molecule has 0 spiro atoms. The summed E-state index contributed by atoms with van der Waals surface area (Å²) < 4.78 is 16.0. The van der Waals surface area contributed by atoms with Crippen LogP contribution in [0.15, 0.2) is 57.7 Å². The summed E-state index contributed by atoms with van der Waals surface area (Å²) >= 11 is 0. The molecule has 3 aromatic rings. The number of para-hydroxylation sites is 1. The van der Waals surface area contributed by atoms with Crippen molar-refractivity contribution in [2.24, 2.45) is 0 Å². The third kappa shape index (κ3) is 2.25. The molecule has 2 aromatic carbocycles. The van der Waals surface area contributed by atoms with E-state index in [0.717, 1.165) is 5.56 Å². The van der Waals surface area contributed by atoms with Crippen LogP contribution >= 0.6 is 0 Å². The predicted octanol–water partition coefficient (Wildman–Crippen LogP) is 3.24. The highest BCUT2D eigenvalue weighted by Gasteiger charge is 2.33. The minimum absolute atomic E-state index is 0.0996. The van der Waals surface area contributed by atoms with E-state index in [4.69, 9.17) is 13.9 Å². The SMILES string of the molecule is COc1ccc(C2CC(=O)Oc3c2c(=O)oc2ccccc32)cc1. The van der Waals surface area contributed by atoms with E-state index in [9.17, 15) is 9.59 Å². The Balaban J connectivity index is 1.94. The van der Waals surface area contributed by atoms with Gasteiger partial charge in [0.05, 0.1) is 24.5 Å². The molecule has 1 atom stereocenters. The Morgan fingerprint density at radius 3 is 2.54 bits per heavy atom. The lowest BCUT2D eigenvalue weighted by molar-refractivity contribution is -0.135. The molecule has 4 rings (SSSR count). The Morgan fingerprint density at radius 2 is 1.79 bits per heavy atom. The summed E-state index contributed by atoms with van der Waals surface area (Å²) in [6.45, 7) is 0. The summed E-state index contributed by atoms with van der Waals surface area (Å²) in [6.07, 6.45) is 0.0996. The van der Waals surface area contributed by atoms with E-state index in [1.807, 2.05) is 18.2 Å². The maximum absolute atomic E-state index is 12.5. The molecule has 1 unspecified atom stereocenters. The summed E-state index contributed by atoms with van der Waals surface area (Å²) in [6, 6.07) is 14.3. The minimum Gasteiger partial charge on any atom is -0.497 e. The normalized spacial score (nSPS) is 16.5. The number of methoxy groups -OCH3 is 1. The van der Waals surface area contributed by atoms with E-state index in [0.29, 0.717) is 28.0 Å². The van der Waals surface area contributed by atoms with Crippen LogP contribution in [0.2, 0.25) is 0 Å². The third-order valence-electron chi connectivity index (χ3n) is 4.25. The van der Waals surface area contributed by atoms with E-state index < -0.39 is 11.5 Å². The Bertz CT molecular complexity index is 985. The van der Waals surface area contributed by atoms with Gasteiger partial charge in [-0.15, -0.1) is 0 Å². The molecule has 1 aromatic heterocycles. The first kappa shape index (κ1) is 14.5. The molecule has 5 nitrogen and oxygen atoms in total. The number of carbonyl (C=O) groups excluding carboxylic acids is 1. The molecule has 1 aliphatic heterocycles. The van der Waals surface area contributed by atoms with E-state index in [2.05, 4.69) is 0 Å². The second kappa shape index (κ2) is 5.53. The molecule has 0 saturated carbocycles. The van der Waals surface area contributed by atoms with Crippen molar-refractivity contribution in [3.8, 4) is 11.5 Å². The third-order valence-corrected chi connectivity index (χ3v) is 4.25. The van der Waals surface area contributed by atoms with Crippen molar-refractivity contribution in [1.29, 1.82) is 0 Å². The lowest BCUT2D eigenvalue weighted by atomic mass is 9.86. The number of hydrogen-bond acceptors (Lipinski definition) is 5. The summed E-state index contributed by atoms with van der Waals surface area (Å²) in [5.41, 5.74) is 1.16. The van der Waals surface area contributed by atoms with Gasteiger partial charge in [-0.25, -0.2) is 4.79 Å². The van der Waals surface area contributed by atoms with Gasteiger partial charge < -0.3 is 13.9 Å². The average Bonchev–Trinajstić information content (AvgIpc) is 2.61. The number of carbonyl (C=O) groups is 1. The Hall–Kier alpha value is -3.08. The number of esters is 1. The number of rotatable bonds is 2. The quantitative estimate of drug-likeness (QED) is 0.535. The number of ether oxygens (including phenoxy) is 2. The standard InChI is InChI=1S/C19H14O5/c1-22-12-8-6-11(7-9-12)14-10-16(20)24-18-13-4-2-3-5-15(13)23-19(21)17(14)18/h2-9,14H,10H2,1H3. The second-order valence-electron chi connectivity index (χ2n) is 5.63. The molecular formula is C19H14O5. The highest BCUT2D eigenvalue weighted by Crippen LogP contribution is 2.40. The molecule has 0 aliphatic carbocycles. The van der Waals surface area contributed by atoms with Gasteiger partial charge in [0.2, 0.25) is 0 Å². The van der Waals surface area contributed by atoms with Crippen LogP contribution in [0, 0.1) is 0 Å². The number of benzene rings is 2. The summed E-state index contributed by atoms with van der Waals surface area (Å²) in [5.74, 6) is 0.258. The summed E-state index contributed by atoms with van der Waals surface area (Å²) in [5, 5.41) is 0.624. The van der Waals surface area contributed by atoms with Gasteiger partial charge in [0.25, 0.3) is 0 Å². The smallest absolute Gasteiger partial charge is 0.343 e. The Kier molecular flexibility index (Phi) is 3.34. The molecule has 0 amide bonds. The lowest BCUT2D eigenvalue weighted by Crippen LogP contribution is -2.26. The van der Waals surface area contributed by atoms with Crippen LogP contribution in [0.1, 0.15) is 23.5 Å². The van der Waals surface area contributed by atoms with Gasteiger partial charge in [0, 0.05) is 5.92 Å². The van der Waals surface area contributed by atoms with Crippen LogP contribution in [-0.2, 0) is 4.79 Å². The Labute approximate surface area is 137 Å². The highest BCUT2D eigenvalue weighted by atomic mass is 16.5. The van der Waals surface area contributed by atoms with Crippen molar-refractivity contribution in [1.82, 2.24) is 0 Å². The Morgan fingerprint density at radius 1 is 1.04 bits per heavy atom. The predicted molar refractivity (Wildman–Crippen MR) is 87.6 cm³/mol. The van der Waals surface area contributed by atoms with Gasteiger partial charge in [-0.2, -0.15) is 0 Å². The summed E-state index contributed by atoms with van der Waals surface area (Å²) in [4.78, 5) is 24.6. The fraction of sp³-hybridized carbons (Fsp3) is 0.158. The van der Waals surface area contributed by atoms with E-state index in [1.54, 1.807) is 37.4 Å². The van der Waals surface area contributed by atoms with Crippen LogP contribution in [0.3, 0.4) is 0 Å². The maximum Gasteiger partial charge on any atom is 0.343 e. The first-order valence-electron chi connectivity index (χ1n) is 7.57. The fourth-order valence-electron chi connectivity index (χ4n) is 3.09. The van der Waals surface area contributed by atoms with Gasteiger partial charge in [0.1, 0.15) is 11.3 Å². The molecule has 0 fully saturated rings. The first-order chi connectivity index (χ1) is 11.7. The number of hydrogen-bond donors (Lipinski definition) is 0. The zero-order chi connectivity index (χ0) is 16.7. The molecule has 24 heavy (non-hydrogen) atoms. The monoisotopic (exact) mass is 322 g/mol. The molecule has 0 saturated heterocycles. The first-order valence-corrected chi connectivity index (χ1v) is 7.57. The lowest BCUT2D eigenvalue weighted by Gasteiger charge is -2.24. The highest BCUT2D eigenvalue weighted by molar-refractivity contribution is 5.90. The van der Waals surface area contributed by atoms with Crippen LogP contribution in [0.4, 0.5) is 0 Å². The molecule has 5 heteroatoms. The van der Waals surface area contributed by atoms with Crippen LogP contribution in [0.5, 0.6) is 11.5 Å².